The van der Waals surface area contributed by atoms with Gasteiger partial charge in [-0.2, -0.15) is 0 Å². The van der Waals surface area contributed by atoms with E-state index in [1.54, 1.807) is 12.1 Å². The molecule has 2 amide bonds. The number of nitrogens with zero attached hydrogens (tertiary/aromatic N) is 2. The molecule has 0 spiro atoms. The molecule has 0 aromatic carbocycles. The van der Waals surface area contributed by atoms with Crippen LogP contribution in [0.3, 0.4) is 0 Å². The molecule has 2 saturated carbocycles. The van der Waals surface area contributed by atoms with Gasteiger partial charge in [0.05, 0.1) is 6.26 Å². The van der Waals surface area contributed by atoms with E-state index < -0.39 is 0 Å². The van der Waals surface area contributed by atoms with Gasteiger partial charge in [-0.15, -0.1) is 0 Å². The molecule has 1 aliphatic heterocycles. The normalized spacial score (nSPS) is 22.8. The van der Waals surface area contributed by atoms with Crippen LogP contribution in [0.1, 0.15) is 61.9 Å². The SMILES string of the molecule is O=C(c1ccco1)N1CCC(C(=O)N(C2CCCC2)C2CC2)CC1. The average Bonchev–Trinajstić information content (AvgIpc) is 3.07. The predicted molar refractivity (Wildman–Crippen MR) is 89.5 cm³/mol. The molecule has 1 aromatic heterocycles. The third kappa shape index (κ3) is 3.08. The maximum atomic E-state index is 13.1. The summed E-state index contributed by atoms with van der Waals surface area (Å²) in [5.74, 6) is 0.785. The molecule has 3 fully saturated rings. The van der Waals surface area contributed by atoms with Crippen molar-refractivity contribution in [3.05, 3.63) is 24.2 Å². The van der Waals surface area contributed by atoms with Crippen LogP contribution in [-0.2, 0) is 4.79 Å². The van der Waals surface area contributed by atoms with Gasteiger partial charge in [0, 0.05) is 31.1 Å². The van der Waals surface area contributed by atoms with Crippen molar-refractivity contribution in [2.45, 2.75) is 63.5 Å². The summed E-state index contributed by atoms with van der Waals surface area (Å²) in [6, 6.07) is 4.42. The summed E-state index contributed by atoms with van der Waals surface area (Å²) in [5, 5.41) is 0. The van der Waals surface area contributed by atoms with Gasteiger partial charge in [0.1, 0.15) is 0 Å². The van der Waals surface area contributed by atoms with Crippen molar-refractivity contribution in [3.63, 3.8) is 0 Å². The minimum Gasteiger partial charge on any atom is -0.459 e. The highest BCUT2D eigenvalue weighted by Gasteiger charge is 2.41. The van der Waals surface area contributed by atoms with Gasteiger partial charge in [-0.3, -0.25) is 9.59 Å². The number of carbonyl (C=O) groups is 2. The van der Waals surface area contributed by atoms with E-state index in [1.807, 2.05) is 4.90 Å². The van der Waals surface area contributed by atoms with E-state index in [4.69, 9.17) is 4.42 Å². The zero-order chi connectivity index (χ0) is 16.5. The number of likely N-dealkylation sites (tertiary alicyclic amines) is 1. The van der Waals surface area contributed by atoms with Gasteiger partial charge in [-0.1, -0.05) is 12.8 Å². The minimum absolute atomic E-state index is 0.0549. The van der Waals surface area contributed by atoms with E-state index in [1.165, 1.54) is 44.8 Å². The van der Waals surface area contributed by atoms with E-state index in [0.717, 1.165) is 12.8 Å². The first-order chi connectivity index (χ1) is 11.7. The van der Waals surface area contributed by atoms with Crippen molar-refractivity contribution in [3.8, 4) is 0 Å². The summed E-state index contributed by atoms with van der Waals surface area (Å²) in [5.41, 5.74) is 0. The standard InChI is InChI=1S/C19H26N2O3/c22-18(21(16-7-8-16)15-4-1-2-5-15)14-9-11-20(12-10-14)19(23)17-6-3-13-24-17/h3,6,13-16H,1-2,4-5,7-12H2. The van der Waals surface area contributed by atoms with E-state index in [9.17, 15) is 9.59 Å². The molecule has 0 N–H and O–H groups in total. The summed E-state index contributed by atoms with van der Waals surface area (Å²) >= 11 is 0. The largest absolute Gasteiger partial charge is 0.459 e. The molecule has 1 aromatic rings. The molecule has 0 radical (unpaired) electrons. The first-order valence-corrected chi connectivity index (χ1v) is 9.39. The van der Waals surface area contributed by atoms with Crippen LogP contribution in [0.5, 0.6) is 0 Å². The van der Waals surface area contributed by atoms with Gasteiger partial charge in [0.25, 0.3) is 5.91 Å². The Bertz CT molecular complexity index is 580. The lowest BCUT2D eigenvalue weighted by molar-refractivity contribution is -0.140. The minimum atomic E-state index is -0.0549. The molecule has 24 heavy (non-hydrogen) atoms. The number of hydrogen-bond donors (Lipinski definition) is 0. The van der Waals surface area contributed by atoms with Crippen LogP contribution in [0, 0.1) is 5.92 Å². The fraction of sp³-hybridized carbons (Fsp3) is 0.684. The molecule has 0 bridgehead atoms. The first kappa shape index (κ1) is 15.7. The van der Waals surface area contributed by atoms with Crippen LogP contribution in [0.4, 0.5) is 0 Å². The van der Waals surface area contributed by atoms with Crippen LogP contribution in [0.2, 0.25) is 0 Å². The summed E-state index contributed by atoms with van der Waals surface area (Å²) in [6.45, 7) is 1.30. The second kappa shape index (κ2) is 6.61. The van der Waals surface area contributed by atoms with Crippen molar-refractivity contribution >= 4 is 11.8 Å². The monoisotopic (exact) mass is 330 g/mol. The quantitative estimate of drug-likeness (QED) is 0.852. The summed E-state index contributed by atoms with van der Waals surface area (Å²) in [7, 11) is 0. The van der Waals surface area contributed by atoms with Gasteiger partial charge >= 0.3 is 0 Å². The van der Waals surface area contributed by atoms with Crippen LogP contribution in [0.25, 0.3) is 0 Å². The van der Waals surface area contributed by atoms with E-state index in [2.05, 4.69) is 4.90 Å². The third-order valence-corrected chi connectivity index (χ3v) is 5.78. The predicted octanol–water partition coefficient (Wildman–Crippen LogP) is 3.07. The Balaban J connectivity index is 1.36. The fourth-order valence-corrected chi connectivity index (χ4v) is 4.29. The van der Waals surface area contributed by atoms with Crippen LogP contribution in [-0.4, -0.2) is 46.8 Å². The van der Waals surface area contributed by atoms with E-state index in [0.29, 0.717) is 36.8 Å². The molecule has 1 saturated heterocycles. The number of carbonyl (C=O) groups excluding carboxylic acids is 2. The molecule has 130 valence electrons. The molecule has 5 nitrogen and oxygen atoms in total. The molecule has 0 unspecified atom stereocenters. The van der Waals surface area contributed by atoms with Crippen molar-refractivity contribution in [2.75, 3.05) is 13.1 Å². The van der Waals surface area contributed by atoms with Crippen molar-refractivity contribution in [2.24, 2.45) is 5.92 Å². The highest BCUT2D eigenvalue weighted by Crippen LogP contribution is 2.36. The Labute approximate surface area is 143 Å². The number of rotatable bonds is 4. The third-order valence-electron chi connectivity index (χ3n) is 5.78. The lowest BCUT2D eigenvalue weighted by Crippen LogP contribution is -2.48. The Hall–Kier alpha value is -1.78. The molecule has 5 heteroatoms. The Kier molecular flexibility index (Phi) is 4.33. The highest BCUT2D eigenvalue weighted by molar-refractivity contribution is 5.91. The van der Waals surface area contributed by atoms with Crippen molar-refractivity contribution in [1.29, 1.82) is 0 Å². The van der Waals surface area contributed by atoms with E-state index >= 15 is 0 Å². The lowest BCUT2D eigenvalue weighted by Gasteiger charge is -2.36. The summed E-state index contributed by atoms with van der Waals surface area (Å²) in [6.07, 6.45) is 10.3. The highest BCUT2D eigenvalue weighted by atomic mass is 16.3. The second-order valence-corrected chi connectivity index (χ2v) is 7.46. The lowest BCUT2D eigenvalue weighted by atomic mass is 9.94. The maximum absolute atomic E-state index is 13.1. The van der Waals surface area contributed by atoms with E-state index in [-0.39, 0.29) is 11.8 Å². The molecular formula is C19H26N2O3. The average molecular weight is 330 g/mol. The fourth-order valence-electron chi connectivity index (χ4n) is 4.29. The number of amides is 2. The molecule has 3 aliphatic rings. The number of piperidine rings is 1. The van der Waals surface area contributed by atoms with Gasteiger partial charge < -0.3 is 14.2 Å². The zero-order valence-electron chi connectivity index (χ0n) is 14.2. The molecular weight excluding hydrogens is 304 g/mol. The van der Waals surface area contributed by atoms with Gasteiger partial charge in [-0.05, 0) is 50.7 Å². The van der Waals surface area contributed by atoms with Crippen LogP contribution in [0.15, 0.2) is 22.8 Å². The molecule has 4 rings (SSSR count). The number of furan rings is 1. The molecule has 0 atom stereocenters. The number of hydrogen-bond acceptors (Lipinski definition) is 3. The van der Waals surface area contributed by atoms with Gasteiger partial charge in [0.2, 0.25) is 5.91 Å². The molecule has 2 aliphatic carbocycles. The second-order valence-electron chi connectivity index (χ2n) is 7.46. The topological polar surface area (TPSA) is 53.8 Å². The zero-order valence-corrected chi connectivity index (χ0v) is 14.2. The smallest absolute Gasteiger partial charge is 0.289 e. The Morgan fingerprint density at radius 2 is 1.67 bits per heavy atom. The van der Waals surface area contributed by atoms with Crippen LogP contribution < -0.4 is 0 Å². The first-order valence-electron chi connectivity index (χ1n) is 9.39. The molecule has 2 heterocycles. The maximum Gasteiger partial charge on any atom is 0.289 e. The van der Waals surface area contributed by atoms with Gasteiger partial charge in [-0.25, -0.2) is 0 Å². The Morgan fingerprint density at radius 1 is 1.00 bits per heavy atom. The van der Waals surface area contributed by atoms with Crippen molar-refractivity contribution < 1.29 is 14.0 Å². The van der Waals surface area contributed by atoms with Gasteiger partial charge in [0.15, 0.2) is 5.76 Å². The van der Waals surface area contributed by atoms with Crippen LogP contribution >= 0.6 is 0 Å². The Morgan fingerprint density at radius 3 is 2.25 bits per heavy atom. The van der Waals surface area contributed by atoms with Crippen molar-refractivity contribution in [1.82, 2.24) is 9.80 Å². The summed E-state index contributed by atoms with van der Waals surface area (Å²) < 4.78 is 5.20. The summed E-state index contributed by atoms with van der Waals surface area (Å²) in [4.78, 5) is 29.5.